The standard InChI is InChI=1S/C19H20BN3O6/c21-8-9-22-17(24)12-5-1-2-6-13(12)18(25)23-15-10-11-4-3-7-14(19(26)27)16(11)29-20(15)28/h1-7,15,28H,8-10,21H2,(H,22,24)(H,23,25)(H,26,27). The molecule has 1 heterocycles. The monoisotopic (exact) mass is 397 g/mol. The molecule has 150 valence electrons. The van der Waals surface area contributed by atoms with Crippen LogP contribution in [0.5, 0.6) is 5.75 Å². The van der Waals surface area contributed by atoms with E-state index in [1.807, 2.05) is 0 Å². The van der Waals surface area contributed by atoms with Crippen LogP contribution in [0.1, 0.15) is 36.6 Å². The number of benzene rings is 2. The zero-order valence-electron chi connectivity index (χ0n) is 15.4. The summed E-state index contributed by atoms with van der Waals surface area (Å²) >= 11 is 0. The Hall–Kier alpha value is -3.37. The van der Waals surface area contributed by atoms with Crippen LogP contribution in [0, 0.1) is 0 Å². The summed E-state index contributed by atoms with van der Waals surface area (Å²) in [5, 5.41) is 24.8. The van der Waals surface area contributed by atoms with E-state index in [-0.39, 0.29) is 42.0 Å². The van der Waals surface area contributed by atoms with E-state index < -0.39 is 30.8 Å². The first-order valence-corrected chi connectivity index (χ1v) is 9.00. The van der Waals surface area contributed by atoms with Crippen molar-refractivity contribution in [3.63, 3.8) is 0 Å². The van der Waals surface area contributed by atoms with Gasteiger partial charge in [-0.2, -0.15) is 0 Å². The van der Waals surface area contributed by atoms with Crippen molar-refractivity contribution in [2.45, 2.75) is 12.4 Å². The highest BCUT2D eigenvalue weighted by atomic mass is 16.5. The molecule has 2 amide bonds. The molecule has 9 nitrogen and oxygen atoms in total. The number of para-hydroxylation sites is 1. The average Bonchev–Trinajstić information content (AvgIpc) is 2.71. The van der Waals surface area contributed by atoms with Crippen molar-refractivity contribution in [3.05, 3.63) is 64.7 Å². The highest BCUT2D eigenvalue weighted by Crippen LogP contribution is 2.30. The molecule has 0 bridgehead atoms. The second-order valence-electron chi connectivity index (χ2n) is 6.48. The predicted molar refractivity (Wildman–Crippen MR) is 105 cm³/mol. The van der Waals surface area contributed by atoms with E-state index in [0.29, 0.717) is 5.56 Å². The summed E-state index contributed by atoms with van der Waals surface area (Å²) in [6, 6.07) is 10.9. The van der Waals surface area contributed by atoms with E-state index >= 15 is 0 Å². The van der Waals surface area contributed by atoms with Crippen molar-refractivity contribution < 1.29 is 29.2 Å². The summed E-state index contributed by atoms with van der Waals surface area (Å²) in [5.41, 5.74) is 6.19. The molecule has 0 aromatic heterocycles. The first kappa shape index (κ1) is 20.4. The second-order valence-corrected chi connectivity index (χ2v) is 6.48. The van der Waals surface area contributed by atoms with Gasteiger partial charge < -0.3 is 31.2 Å². The molecule has 1 aliphatic rings. The van der Waals surface area contributed by atoms with Crippen molar-refractivity contribution in [1.82, 2.24) is 10.6 Å². The van der Waals surface area contributed by atoms with Crippen LogP contribution in [0.2, 0.25) is 0 Å². The van der Waals surface area contributed by atoms with Crippen LogP contribution >= 0.6 is 0 Å². The number of hydrogen-bond acceptors (Lipinski definition) is 6. The van der Waals surface area contributed by atoms with Gasteiger partial charge in [0.15, 0.2) is 0 Å². The Bertz CT molecular complexity index is 951. The van der Waals surface area contributed by atoms with Crippen LogP contribution in [-0.4, -0.2) is 54.1 Å². The summed E-state index contributed by atoms with van der Waals surface area (Å²) in [5.74, 6) is -2.90. The lowest BCUT2D eigenvalue weighted by Crippen LogP contribution is -2.53. The smallest absolute Gasteiger partial charge is 0.534 e. The first-order valence-electron chi connectivity index (χ1n) is 9.00. The minimum Gasteiger partial charge on any atom is -0.534 e. The fourth-order valence-electron chi connectivity index (χ4n) is 3.12. The van der Waals surface area contributed by atoms with Gasteiger partial charge >= 0.3 is 13.1 Å². The third kappa shape index (κ3) is 4.39. The number of nitrogens with one attached hydrogen (secondary N) is 2. The lowest BCUT2D eigenvalue weighted by atomic mass is 9.72. The summed E-state index contributed by atoms with van der Waals surface area (Å²) in [4.78, 5) is 36.4. The molecule has 3 rings (SSSR count). The van der Waals surface area contributed by atoms with Crippen LogP contribution in [0.15, 0.2) is 42.5 Å². The van der Waals surface area contributed by atoms with E-state index in [1.54, 1.807) is 24.3 Å². The molecular formula is C19H20BN3O6. The van der Waals surface area contributed by atoms with Crippen LogP contribution < -0.4 is 21.0 Å². The average molecular weight is 397 g/mol. The predicted octanol–water partition coefficient (Wildman–Crippen LogP) is -0.173. The summed E-state index contributed by atoms with van der Waals surface area (Å²) in [7, 11) is -1.44. The maximum absolute atomic E-state index is 12.8. The molecule has 2 aromatic carbocycles. The van der Waals surface area contributed by atoms with Gasteiger partial charge in [0.05, 0.1) is 22.6 Å². The van der Waals surface area contributed by atoms with Gasteiger partial charge in [0.2, 0.25) is 0 Å². The van der Waals surface area contributed by atoms with Crippen molar-refractivity contribution in [3.8, 4) is 5.75 Å². The normalized spacial score (nSPS) is 15.1. The topological polar surface area (TPSA) is 151 Å². The van der Waals surface area contributed by atoms with Gasteiger partial charge in [-0.25, -0.2) is 4.79 Å². The molecule has 1 unspecified atom stereocenters. The lowest BCUT2D eigenvalue weighted by Gasteiger charge is -2.29. The SMILES string of the molecule is NCCNC(=O)c1ccccc1C(=O)NC1Cc2cccc(C(=O)O)c2OB1O. The van der Waals surface area contributed by atoms with Gasteiger partial charge in [0.1, 0.15) is 5.75 Å². The Morgan fingerprint density at radius 1 is 1.07 bits per heavy atom. The number of carbonyl (C=O) groups is 3. The minimum absolute atomic E-state index is 0.0618. The molecule has 1 atom stereocenters. The molecule has 0 saturated carbocycles. The van der Waals surface area contributed by atoms with Gasteiger partial charge in [-0.1, -0.05) is 24.3 Å². The maximum atomic E-state index is 12.8. The molecule has 0 radical (unpaired) electrons. The summed E-state index contributed by atoms with van der Waals surface area (Å²) in [6.07, 6.45) is 0.172. The second kappa shape index (κ2) is 8.76. The van der Waals surface area contributed by atoms with Crippen LogP contribution in [0.4, 0.5) is 0 Å². The third-order valence-electron chi connectivity index (χ3n) is 4.51. The quantitative estimate of drug-likeness (QED) is 0.425. The van der Waals surface area contributed by atoms with Crippen LogP contribution in [-0.2, 0) is 6.42 Å². The first-order chi connectivity index (χ1) is 13.9. The minimum atomic E-state index is -1.44. The zero-order chi connectivity index (χ0) is 21.0. The number of aromatic carboxylic acids is 1. The van der Waals surface area contributed by atoms with Gasteiger partial charge in [-0.15, -0.1) is 0 Å². The van der Waals surface area contributed by atoms with Crippen molar-refractivity contribution in [1.29, 1.82) is 0 Å². The van der Waals surface area contributed by atoms with Crippen LogP contribution in [0.3, 0.4) is 0 Å². The molecule has 0 spiro atoms. The Morgan fingerprint density at radius 3 is 2.38 bits per heavy atom. The molecule has 10 heteroatoms. The number of fused-ring (bicyclic) bond motifs is 1. The zero-order valence-corrected chi connectivity index (χ0v) is 15.4. The summed E-state index contributed by atoms with van der Waals surface area (Å²) in [6.45, 7) is 0.538. The Morgan fingerprint density at radius 2 is 1.72 bits per heavy atom. The third-order valence-corrected chi connectivity index (χ3v) is 4.51. The molecule has 6 N–H and O–H groups in total. The van der Waals surface area contributed by atoms with Crippen molar-refractivity contribution in [2.75, 3.05) is 13.1 Å². The lowest BCUT2D eigenvalue weighted by molar-refractivity contribution is 0.0693. The number of amides is 2. The number of nitrogens with two attached hydrogens (primary N) is 1. The van der Waals surface area contributed by atoms with Gasteiger partial charge in [-0.05, 0) is 30.2 Å². The molecule has 2 aromatic rings. The largest absolute Gasteiger partial charge is 0.547 e. The highest BCUT2D eigenvalue weighted by molar-refractivity contribution is 6.47. The Kier molecular flexibility index (Phi) is 6.15. The number of carboxylic acids is 1. The van der Waals surface area contributed by atoms with E-state index in [2.05, 4.69) is 10.6 Å². The van der Waals surface area contributed by atoms with E-state index in [4.69, 9.17) is 10.4 Å². The van der Waals surface area contributed by atoms with E-state index in [9.17, 15) is 24.5 Å². The van der Waals surface area contributed by atoms with Crippen molar-refractivity contribution in [2.24, 2.45) is 5.73 Å². The van der Waals surface area contributed by atoms with Gasteiger partial charge in [0.25, 0.3) is 11.8 Å². The summed E-state index contributed by atoms with van der Waals surface area (Å²) < 4.78 is 5.37. The van der Waals surface area contributed by atoms with Crippen LogP contribution in [0.25, 0.3) is 0 Å². The molecule has 0 aliphatic carbocycles. The maximum Gasteiger partial charge on any atom is 0.547 e. The molecule has 0 fully saturated rings. The van der Waals surface area contributed by atoms with Gasteiger partial charge in [0, 0.05) is 13.1 Å². The van der Waals surface area contributed by atoms with E-state index in [1.165, 1.54) is 18.2 Å². The van der Waals surface area contributed by atoms with Gasteiger partial charge in [-0.3, -0.25) is 9.59 Å². The molecule has 0 saturated heterocycles. The Labute approximate surface area is 167 Å². The fraction of sp³-hybridized carbons (Fsp3) is 0.211. The molecule has 29 heavy (non-hydrogen) atoms. The molecular weight excluding hydrogens is 377 g/mol. The number of carboxylic acid groups (broad SMARTS) is 1. The molecule has 1 aliphatic heterocycles. The van der Waals surface area contributed by atoms with Crippen molar-refractivity contribution >= 4 is 24.9 Å². The number of rotatable bonds is 6. The Balaban J connectivity index is 1.79. The fourth-order valence-corrected chi connectivity index (χ4v) is 3.12. The van der Waals surface area contributed by atoms with E-state index in [0.717, 1.165) is 0 Å². The highest BCUT2D eigenvalue weighted by Gasteiger charge is 2.38. The number of hydrogen-bond donors (Lipinski definition) is 5. The number of carbonyl (C=O) groups excluding carboxylic acids is 2.